The van der Waals surface area contributed by atoms with E-state index in [1.807, 2.05) is 19.1 Å². The average molecular weight is 422 g/mol. The summed E-state index contributed by atoms with van der Waals surface area (Å²) in [5.41, 5.74) is 5.39. The van der Waals surface area contributed by atoms with Crippen molar-refractivity contribution in [1.82, 2.24) is 4.90 Å². The largest absolute Gasteiger partial charge is 0.493 e. The highest BCUT2D eigenvalue weighted by Crippen LogP contribution is 2.42. The van der Waals surface area contributed by atoms with Crippen LogP contribution in [0.25, 0.3) is 5.57 Å². The second-order valence-corrected chi connectivity index (χ2v) is 8.07. The number of amides is 1. The van der Waals surface area contributed by atoms with E-state index < -0.39 is 0 Å². The van der Waals surface area contributed by atoms with Crippen molar-refractivity contribution < 1.29 is 14.3 Å². The van der Waals surface area contributed by atoms with E-state index in [-0.39, 0.29) is 5.91 Å². The number of rotatable bonds is 7. The van der Waals surface area contributed by atoms with Crippen LogP contribution >= 0.6 is 0 Å². The Hall–Kier alpha value is -2.99. The van der Waals surface area contributed by atoms with Crippen LogP contribution in [-0.4, -0.2) is 38.1 Å². The molecule has 1 fully saturated rings. The summed E-state index contributed by atoms with van der Waals surface area (Å²) in [4.78, 5) is 15.3. The Bertz CT molecular complexity index is 976. The Morgan fingerprint density at radius 2 is 1.71 bits per heavy atom. The third-order valence-corrected chi connectivity index (χ3v) is 6.03. The minimum atomic E-state index is -0.114. The summed E-state index contributed by atoms with van der Waals surface area (Å²) in [5, 5.41) is 6.42. The van der Waals surface area contributed by atoms with Gasteiger partial charge in [0.15, 0.2) is 11.5 Å². The van der Waals surface area contributed by atoms with Crippen LogP contribution in [0.4, 0.5) is 11.4 Å². The number of fused-ring (bicyclic) bond motifs is 1. The number of piperidine rings is 1. The van der Waals surface area contributed by atoms with Crippen molar-refractivity contribution in [2.45, 2.75) is 39.2 Å². The number of anilines is 2. The number of nitrogens with zero attached hydrogens (tertiary/aromatic N) is 1. The maximum atomic E-state index is 12.8. The molecule has 2 N–H and O–H groups in total. The first-order valence-electron chi connectivity index (χ1n) is 11.0. The Kier molecular flexibility index (Phi) is 6.47. The summed E-state index contributed by atoms with van der Waals surface area (Å²) in [6.07, 6.45) is 4.65. The number of hydrogen-bond donors (Lipinski definition) is 2. The highest BCUT2D eigenvalue weighted by Gasteiger charge is 2.29. The summed E-state index contributed by atoms with van der Waals surface area (Å²) in [6, 6.07) is 12.2. The molecule has 2 aromatic rings. The molecule has 1 amide bonds. The number of carbonyl (C=O) groups excluding carboxylic acids is 1. The van der Waals surface area contributed by atoms with E-state index in [1.54, 1.807) is 14.2 Å². The third kappa shape index (κ3) is 4.54. The SMILES string of the molecule is CC/C(Nc1ccc(CN2CCCCC2)cc1)=C1/C(=O)Nc2cc(OC)c(OC)cc21. The molecule has 4 rings (SSSR count). The van der Waals surface area contributed by atoms with Gasteiger partial charge in [-0.2, -0.15) is 0 Å². The second-order valence-electron chi connectivity index (χ2n) is 8.07. The van der Waals surface area contributed by atoms with E-state index in [0.29, 0.717) is 23.5 Å². The summed E-state index contributed by atoms with van der Waals surface area (Å²) in [6.45, 7) is 5.43. The van der Waals surface area contributed by atoms with E-state index in [4.69, 9.17) is 9.47 Å². The quantitative estimate of drug-likeness (QED) is 0.624. The lowest BCUT2D eigenvalue weighted by molar-refractivity contribution is -0.110. The van der Waals surface area contributed by atoms with Gasteiger partial charge in [-0.1, -0.05) is 25.5 Å². The van der Waals surface area contributed by atoms with Gasteiger partial charge in [0.05, 0.1) is 25.5 Å². The van der Waals surface area contributed by atoms with Crippen LogP contribution in [0.2, 0.25) is 0 Å². The first-order chi connectivity index (χ1) is 15.1. The first-order valence-corrected chi connectivity index (χ1v) is 11.0. The van der Waals surface area contributed by atoms with Crippen LogP contribution < -0.4 is 20.1 Å². The number of carbonyl (C=O) groups is 1. The molecule has 2 aliphatic rings. The highest BCUT2D eigenvalue weighted by molar-refractivity contribution is 6.32. The van der Waals surface area contributed by atoms with Crippen molar-refractivity contribution in [2.24, 2.45) is 0 Å². The maximum Gasteiger partial charge on any atom is 0.258 e. The molecule has 2 aliphatic heterocycles. The summed E-state index contributed by atoms with van der Waals surface area (Å²) >= 11 is 0. The Morgan fingerprint density at radius 1 is 1.03 bits per heavy atom. The zero-order valence-electron chi connectivity index (χ0n) is 18.6. The molecule has 0 aromatic heterocycles. The van der Waals surface area contributed by atoms with Gasteiger partial charge < -0.3 is 20.1 Å². The van der Waals surface area contributed by atoms with E-state index in [9.17, 15) is 4.79 Å². The van der Waals surface area contributed by atoms with Crippen LogP contribution in [0.15, 0.2) is 42.1 Å². The fraction of sp³-hybridized carbons (Fsp3) is 0.400. The number of likely N-dealkylation sites (tertiary alicyclic amines) is 1. The number of allylic oxidation sites excluding steroid dienone is 1. The van der Waals surface area contributed by atoms with Crippen LogP contribution in [0, 0.1) is 0 Å². The molecule has 0 bridgehead atoms. The average Bonchev–Trinajstić information content (AvgIpc) is 3.12. The number of ether oxygens (including phenoxy) is 2. The summed E-state index contributed by atoms with van der Waals surface area (Å²) in [5.74, 6) is 1.09. The molecule has 164 valence electrons. The van der Waals surface area contributed by atoms with E-state index in [2.05, 4.69) is 39.8 Å². The highest BCUT2D eigenvalue weighted by atomic mass is 16.5. The van der Waals surface area contributed by atoms with Crippen molar-refractivity contribution in [3.8, 4) is 11.5 Å². The maximum absolute atomic E-state index is 12.8. The summed E-state index contributed by atoms with van der Waals surface area (Å²) < 4.78 is 10.8. The van der Waals surface area contributed by atoms with Gasteiger partial charge in [0.25, 0.3) is 5.91 Å². The molecule has 6 heteroatoms. The minimum absolute atomic E-state index is 0.114. The van der Waals surface area contributed by atoms with Crippen LogP contribution in [0.3, 0.4) is 0 Å². The molecule has 0 saturated carbocycles. The lowest BCUT2D eigenvalue weighted by Crippen LogP contribution is -2.29. The fourth-order valence-corrected chi connectivity index (χ4v) is 4.37. The number of benzene rings is 2. The molecule has 31 heavy (non-hydrogen) atoms. The lowest BCUT2D eigenvalue weighted by atomic mass is 10.0. The molecule has 6 nitrogen and oxygen atoms in total. The normalized spacial score (nSPS) is 17.7. The van der Waals surface area contributed by atoms with Crippen LogP contribution in [0.1, 0.15) is 43.7 Å². The molecule has 2 heterocycles. The van der Waals surface area contributed by atoms with Gasteiger partial charge in [-0.3, -0.25) is 9.69 Å². The molecule has 0 radical (unpaired) electrons. The molecule has 0 aliphatic carbocycles. The van der Waals surface area contributed by atoms with Crippen molar-refractivity contribution in [2.75, 3.05) is 37.9 Å². The van der Waals surface area contributed by atoms with Gasteiger partial charge in [0.1, 0.15) is 0 Å². The van der Waals surface area contributed by atoms with Crippen molar-refractivity contribution >= 4 is 22.9 Å². The lowest BCUT2D eigenvalue weighted by Gasteiger charge is -2.26. The van der Waals surface area contributed by atoms with Crippen molar-refractivity contribution in [1.29, 1.82) is 0 Å². The number of hydrogen-bond acceptors (Lipinski definition) is 5. The van der Waals surface area contributed by atoms with Gasteiger partial charge in [-0.15, -0.1) is 0 Å². The molecule has 0 atom stereocenters. The second kappa shape index (κ2) is 9.43. The zero-order valence-corrected chi connectivity index (χ0v) is 18.6. The van der Waals surface area contributed by atoms with E-state index in [1.165, 1.54) is 37.9 Å². The van der Waals surface area contributed by atoms with E-state index in [0.717, 1.165) is 29.2 Å². The minimum Gasteiger partial charge on any atom is -0.493 e. The molecular formula is C25H31N3O3. The Labute approximate surface area is 184 Å². The number of nitrogens with one attached hydrogen (secondary N) is 2. The zero-order chi connectivity index (χ0) is 21.8. The van der Waals surface area contributed by atoms with Gasteiger partial charge in [-0.05, 0) is 56.1 Å². The molecule has 0 unspecified atom stereocenters. The van der Waals surface area contributed by atoms with Gasteiger partial charge in [-0.25, -0.2) is 0 Å². The predicted octanol–water partition coefficient (Wildman–Crippen LogP) is 4.88. The topological polar surface area (TPSA) is 62.8 Å². The van der Waals surface area contributed by atoms with E-state index >= 15 is 0 Å². The van der Waals surface area contributed by atoms with Gasteiger partial charge in [0, 0.05) is 29.6 Å². The number of methoxy groups -OCH3 is 2. The van der Waals surface area contributed by atoms with Crippen LogP contribution in [-0.2, 0) is 11.3 Å². The van der Waals surface area contributed by atoms with Crippen molar-refractivity contribution in [3.05, 3.63) is 53.2 Å². The smallest absolute Gasteiger partial charge is 0.258 e. The van der Waals surface area contributed by atoms with Crippen LogP contribution in [0.5, 0.6) is 11.5 Å². The Balaban J connectivity index is 1.57. The standard InChI is InChI=1S/C25H31N3O3/c1-4-20(24-19-14-22(30-2)23(31-3)15-21(19)27-25(24)29)26-18-10-8-17(9-11-18)16-28-12-6-5-7-13-28/h8-11,14-15,26H,4-7,12-13,16H2,1-3H3,(H,27,29)/b24-20-. The van der Waals surface area contributed by atoms with Gasteiger partial charge in [0.2, 0.25) is 0 Å². The predicted molar refractivity (Wildman–Crippen MR) is 125 cm³/mol. The van der Waals surface area contributed by atoms with Crippen molar-refractivity contribution in [3.63, 3.8) is 0 Å². The molecular weight excluding hydrogens is 390 g/mol. The molecule has 1 saturated heterocycles. The molecule has 2 aromatic carbocycles. The Morgan fingerprint density at radius 3 is 2.35 bits per heavy atom. The monoisotopic (exact) mass is 421 g/mol. The van der Waals surface area contributed by atoms with Gasteiger partial charge >= 0.3 is 0 Å². The first kappa shape index (κ1) is 21.2. The fourth-order valence-electron chi connectivity index (χ4n) is 4.37. The third-order valence-electron chi connectivity index (χ3n) is 6.03. The summed E-state index contributed by atoms with van der Waals surface area (Å²) in [7, 11) is 3.19. The molecule has 0 spiro atoms.